The van der Waals surface area contributed by atoms with Gasteiger partial charge in [-0.2, -0.15) is 13.2 Å². The predicted molar refractivity (Wildman–Crippen MR) is 155 cm³/mol. The van der Waals surface area contributed by atoms with Gasteiger partial charge in [0, 0.05) is 42.1 Å². The summed E-state index contributed by atoms with van der Waals surface area (Å²) in [4.78, 5) is 59.3. The van der Waals surface area contributed by atoms with Crippen molar-refractivity contribution in [3.05, 3.63) is 71.4 Å². The number of hydrogen-bond acceptors (Lipinski definition) is 8. The second kappa shape index (κ2) is 15.8. The van der Waals surface area contributed by atoms with Crippen molar-refractivity contribution in [2.24, 2.45) is 0 Å². The molecule has 0 saturated heterocycles. The van der Waals surface area contributed by atoms with Crippen LogP contribution in [0.2, 0.25) is 5.02 Å². The molecule has 3 rings (SSSR count). The molecule has 0 saturated carbocycles. The molecule has 234 valence electrons. The molecular formula is C30H30ClF3N4O6. The number of anilines is 2. The van der Waals surface area contributed by atoms with Gasteiger partial charge in [0.15, 0.2) is 0 Å². The highest BCUT2D eigenvalue weighted by Crippen LogP contribution is 2.32. The molecule has 0 bridgehead atoms. The zero-order valence-corrected chi connectivity index (χ0v) is 24.7. The number of rotatable bonds is 13. The van der Waals surface area contributed by atoms with Crippen LogP contribution < -0.4 is 10.2 Å². The number of alkyl halides is 3. The molecule has 3 aromatic rings. The maximum Gasteiger partial charge on any atom is 0.416 e. The van der Waals surface area contributed by atoms with E-state index in [2.05, 4.69) is 24.8 Å². The van der Waals surface area contributed by atoms with Crippen molar-refractivity contribution in [2.45, 2.75) is 50.7 Å². The first-order valence-corrected chi connectivity index (χ1v) is 13.8. The number of carbonyl (C=O) groups excluding carboxylic acids is 4. The van der Waals surface area contributed by atoms with E-state index in [1.54, 1.807) is 30.3 Å². The van der Waals surface area contributed by atoms with Gasteiger partial charge in [0.2, 0.25) is 17.8 Å². The first kappa shape index (κ1) is 34.0. The van der Waals surface area contributed by atoms with Crippen LogP contribution in [0.15, 0.2) is 60.8 Å². The molecule has 1 atom stereocenters. The summed E-state index contributed by atoms with van der Waals surface area (Å²) in [6.45, 7) is 0. The van der Waals surface area contributed by atoms with Crippen LogP contribution in [0.4, 0.5) is 24.8 Å². The highest BCUT2D eigenvalue weighted by atomic mass is 35.5. The average molecular weight is 635 g/mol. The van der Waals surface area contributed by atoms with E-state index in [0.717, 1.165) is 29.2 Å². The zero-order chi connectivity index (χ0) is 32.3. The molecule has 0 fully saturated rings. The molecule has 0 radical (unpaired) electrons. The van der Waals surface area contributed by atoms with E-state index >= 15 is 0 Å². The van der Waals surface area contributed by atoms with Crippen molar-refractivity contribution in [3.63, 3.8) is 0 Å². The van der Waals surface area contributed by atoms with Crippen LogP contribution in [-0.2, 0) is 34.8 Å². The summed E-state index contributed by atoms with van der Waals surface area (Å²) in [6.07, 6.45) is -3.37. The SMILES string of the molecule is COC(=O)CCC[C@H](CC(=O)OC)NC(=O)CCC(=O)N(c1ccc(C(F)(F)F)cc1)c1nccc(-c2cccc(Cl)c2)n1. The molecule has 0 spiro atoms. The molecule has 44 heavy (non-hydrogen) atoms. The number of aromatic nitrogens is 2. The molecule has 0 aliphatic carbocycles. The molecule has 10 nitrogen and oxygen atoms in total. The van der Waals surface area contributed by atoms with E-state index in [-0.39, 0.29) is 43.7 Å². The number of benzene rings is 2. The van der Waals surface area contributed by atoms with Crippen molar-refractivity contribution in [3.8, 4) is 11.3 Å². The summed E-state index contributed by atoms with van der Waals surface area (Å²) in [6, 6.07) is 11.6. The number of hydrogen-bond donors (Lipinski definition) is 1. The third-order valence-electron chi connectivity index (χ3n) is 6.40. The number of nitrogens with zero attached hydrogens (tertiary/aromatic N) is 3. The molecule has 2 aromatic carbocycles. The summed E-state index contributed by atoms with van der Waals surface area (Å²) in [5, 5.41) is 3.12. The molecule has 1 heterocycles. The molecule has 2 amide bonds. The minimum Gasteiger partial charge on any atom is -0.469 e. The lowest BCUT2D eigenvalue weighted by Crippen LogP contribution is -2.37. The van der Waals surface area contributed by atoms with Crippen LogP contribution in [0.25, 0.3) is 11.3 Å². The van der Waals surface area contributed by atoms with Crippen molar-refractivity contribution < 1.29 is 41.8 Å². The lowest BCUT2D eigenvalue weighted by Gasteiger charge is -2.22. The normalized spacial score (nSPS) is 11.8. The molecule has 0 aliphatic rings. The van der Waals surface area contributed by atoms with Gasteiger partial charge >= 0.3 is 18.1 Å². The number of ether oxygens (including phenoxy) is 2. The quantitative estimate of drug-likeness (QED) is 0.239. The van der Waals surface area contributed by atoms with Gasteiger partial charge in [-0.15, -0.1) is 0 Å². The monoisotopic (exact) mass is 634 g/mol. The van der Waals surface area contributed by atoms with Crippen molar-refractivity contribution in [1.82, 2.24) is 15.3 Å². The fraction of sp³-hybridized carbons (Fsp3) is 0.333. The highest BCUT2D eigenvalue weighted by Gasteiger charge is 2.31. The average Bonchev–Trinajstić information content (AvgIpc) is 3.00. The Hall–Kier alpha value is -4.52. The van der Waals surface area contributed by atoms with E-state index in [1.807, 2.05) is 0 Å². The topological polar surface area (TPSA) is 128 Å². The van der Waals surface area contributed by atoms with Gasteiger partial charge in [-0.05, 0) is 55.3 Å². The first-order chi connectivity index (χ1) is 20.9. The van der Waals surface area contributed by atoms with Gasteiger partial charge in [0.1, 0.15) is 0 Å². The summed E-state index contributed by atoms with van der Waals surface area (Å²) < 4.78 is 48.9. The Morgan fingerprint density at radius 3 is 2.30 bits per heavy atom. The van der Waals surface area contributed by atoms with E-state index < -0.39 is 41.5 Å². The van der Waals surface area contributed by atoms with Crippen LogP contribution in [-0.4, -0.2) is 54.0 Å². The van der Waals surface area contributed by atoms with Crippen LogP contribution in [0, 0.1) is 0 Å². The van der Waals surface area contributed by atoms with Gasteiger partial charge in [-0.3, -0.25) is 19.2 Å². The summed E-state index contributed by atoms with van der Waals surface area (Å²) in [7, 11) is 2.45. The van der Waals surface area contributed by atoms with E-state index in [0.29, 0.717) is 22.7 Å². The van der Waals surface area contributed by atoms with Crippen LogP contribution in [0.1, 0.15) is 44.1 Å². The van der Waals surface area contributed by atoms with Crippen molar-refractivity contribution in [2.75, 3.05) is 19.1 Å². The molecule has 0 unspecified atom stereocenters. The van der Waals surface area contributed by atoms with Gasteiger partial charge < -0.3 is 14.8 Å². The second-order valence-corrected chi connectivity index (χ2v) is 9.98. The Bertz CT molecular complexity index is 1470. The third-order valence-corrected chi connectivity index (χ3v) is 6.63. The highest BCUT2D eigenvalue weighted by molar-refractivity contribution is 6.30. The van der Waals surface area contributed by atoms with Crippen molar-refractivity contribution >= 4 is 47.0 Å². The summed E-state index contributed by atoms with van der Waals surface area (Å²) in [5.74, 6) is -2.37. The van der Waals surface area contributed by atoms with Gasteiger partial charge in [0.05, 0.1) is 37.6 Å². The number of methoxy groups -OCH3 is 2. The third kappa shape index (κ3) is 10.0. The molecule has 1 N–H and O–H groups in total. The Morgan fingerprint density at radius 1 is 0.955 bits per heavy atom. The van der Waals surface area contributed by atoms with Gasteiger partial charge in [-0.25, -0.2) is 14.9 Å². The maximum atomic E-state index is 13.5. The largest absolute Gasteiger partial charge is 0.469 e. The van der Waals surface area contributed by atoms with E-state index in [4.69, 9.17) is 11.6 Å². The predicted octanol–water partition coefficient (Wildman–Crippen LogP) is 5.65. The van der Waals surface area contributed by atoms with Crippen LogP contribution in [0.5, 0.6) is 0 Å². The Kier molecular flexibility index (Phi) is 12.2. The second-order valence-electron chi connectivity index (χ2n) is 9.54. The number of halogens is 4. The Balaban J connectivity index is 1.82. The fourth-order valence-corrected chi connectivity index (χ4v) is 4.36. The smallest absolute Gasteiger partial charge is 0.416 e. The zero-order valence-electron chi connectivity index (χ0n) is 23.9. The van der Waals surface area contributed by atoms with E-state index in [1.165, 1.54) is 20.4 Å². The fourth-order valence-electron chi connectivity index (χ4n) is 4.17. The number of carbonyl (C=O) groups is 4. The lowest BCUT2D eigenvalue weighted by molar-refractivity contribution is -0.141. The summed E-state index contributed by atoms with van der Waals surface area (Å²) >= 11 is 6.10. The molecular weight excluding hydrogens is 605 g/mol. The van der Waals surface area contributed by atoms with Gasteiger partial charge in [-0.1, -0.05) is 23.7 Å². The van der Waals surface area contributed by atoms with Crippen molar-refractivity contribution in [1.29, 1.82) is 0 Å². The standard InChI is InChI=1S/C30H30ClF3N4O6/c1-43-27(41)8-4-7-22(18-28(42)44-2)36-25(39)13-14-26(40)38(23-11-9-20(10-12-23)30(32,33)34)29-35-16-15-24(37-29)19-5-3-6-21(31)17-19/h3,5-6,9-12,15-17,22H,4,7-8,13-14,18H2,1-2H3,(H,36,39)/t22-/m1/s1. The molecule has 0 aliphatic heterocycles. The minimum absolute atomic E-state index is 0.0537. The van der Waals surface area contributed by atoms with Crippen LogP contribution >= 0.6 is 11.6 Å². The molecule has 1 aromatic heterocycles. The Labute approximate surface area is 256 Å². The van der Waals surface area contributed by atoms with Gasteiger partial charge in [0.25, 0.3) is 0 Å². The number of nitrogens with one attached hydrogen (secondary N) is 1. The minimum atomic E-state index is -4.59. The maximum absolute atomic E-state index is 13.5. The molecule has 14 heteroatoms. The summed E-state index contributed by atoms with van der Waals surface area (Å²) in [5.41, 5.74) is 0.158. The number of amides is 2. The van der Waals surface area contributed by atoms with Crippen LogP contribution in [0.3, 0.4) is 0 Å². The first-order valence-electron chi connectivity index (χ1n) is 13.4. The lowest BCUT2D eigenvalue weighted by atomic mass is 10.1. The Morgan fingerprint density at radius 2 is 1.66 bits per heavy atom. The number of esters is 2. The van der Waals surface area contributed by atoms with E-state index in [9.17, 15) is 32.3 Å².